The predicted octanol–water partition coefficient (Wildman–Crippen LogP) is 4.54. The molecule has 24 heavy (non-hydrogen) atoms. The largest absolute Gasteiger partial charge is 0.422 e. The molecule has 120 valence electrons. The molecule has 0 aliphatic carbocycles. The third-order valence-electron chi connectivity index (χ3n) is 3.65. The third kappa shape index (κ3) is 2.76. The lowest BCUT2D eigenvalue weighted by Gasteiger charge is -2.12. The molecule has 2 aromatic carbocycles. The van der Waals surface area contributed by atoms with Crippen LogP contribution in [-0.4, -0.2) is 0 Å². The lowest BCUT2D eigenvalue weighted by Crippen LogP contribution is -2.11. The van der Waals surface area contributed by atoms with Crippen molar-refractivity contribution < 1.29 is 17.6 Å². The number of rotatable bonds is 2. The number of hydrogen-bond donors (Lipinski definition) is 0. The summed E-state index contributed by atoms with van der Waals surface area (Å²) in [6.45, 7) is 0. The maximum absolute atomic E-state index is 12.9. The minimum atomic E-state index is -4.54. The summed E-state index contributed by atoms with van der Waals surface area (Å²) in [5, 5.41) is 9.32. The second-order valence-electron chi connectivity index (χ2n) is 5.15. The molecule has 0 aliphatic rings. The van der Waals surface area contributed by atoms with Crippen LogP contribution in [0.3, 0.4) is 0 Å². The summed E-state index contributed by atoms with van der Waals surface area (Å²) < 4.78 is 43.7. The second-order valence-corrected chi connectivity index (χ2v) is 5.15. The zero-order chi connectivity index (χ0) is 17.3. The first-order valence-corrected chi connectivity index (χ1v) is 7.01. The Kier molecular flexibility index (Phi) is 3.86. The average Bonchev–Trinajstić information content (AvgIpc) is 2.55. The van der Waals surface area contributed by atoms with Crippen LogP contribution in [0.15, 0.2) is 57.7 Å². The SMILES string of the molecule is N#CCc1c(-c2ccccc2)c2ccc(C(F)(F)F)cc2oc1=O. The molecule has 0 amide bonds. The van der Waals surface area contributed by atoms with Crippen LogP contribution in [0.25, 0.3) is 22.1 Å². The van der Waals surface area contributed by atoms with Gasteiger partial charge >= 0.3 is 11.8 Å². The number of halogens is 3. The van der Waals surface area contributed by atoms with Crippen molar-refractivity contribution in [1.29, 1.82) is 5.26 Å². The molecule has 3 nitrogen and oxygen atoms in total. The maximum atomic E-state index is 12.9. The Labute approximate surface area is 134 Å². The van der Waals surface area contributed by atoms with Crippen molar-refractivity contribution >= 4 is 11.0 Å². The minimum Gasteiger partial charge on any atom is -0.422 e. The lowest BCUT2D eigenvalue weighted by molar-refractivity contribution is -0.137. The quantitative estimate of drug-likeness (QED) is 0.648. The molecule has 0 saturated heterocycles. The van der Waals surface area contributed by atoms with Gasteiger partial charge in [0.15, 0.2) is 0 Å². The molecule has 0 atom stereocenters. The molecule has 0 radical (unpaired) electrons. The van der Waals surface area contributed by atoms with Gasteiger partial charge in [-0.2, -0.15) is 18.4 Å². The van der Waals surface area contributed by atoms with Crippen molar-refractivity contribution in [2.45, 2.75) is 12.6 Å². The lowest BCUT2D eigenvalue weighted by atomic mass is 9.95. The number of nitriles is 1. The molecule has 0 N–H and O–H groups in total. The van der Waals surface area contributed by atoms with E-state index in [0.29, 0.717) is 16.5 Å². The van der Waals surface area contributed by atoms with E-state index in [1.165, 1.54) is 6.07 Å². The normalized spacial score (nSPS) is 11.4. The van der Waals surface area contributed by atoms with Crippen molar-refractivity contribution in [2.24, 2.45) is 0 Å². The highest BCUT2D eigenvalue weighted by Gasteiger charge is 2.31. The van der Waals surface area contributed by atoms with Crippen molar-refractivity contribution in [3.8, 4) is 17.2 Å². The van der Waals surface area contributed by atoms with Crippen LogP contribution in [0.4, 0.5) is 13.2 Å². The van der Waals surface area contributed by atoms with E-state index in [9.17, 15) is 18.0 Å². The Hall–Kier alpha value is -3.07. The van der Waals surface area contributed by atoms with E-state index in [4.69, 9.17) is 9.68 Å². The minimum absolute atomic E-state index is 0.135. The van der Waals surface area contributed by atoms with Crippen molar-refractivity contribution in [2.75, 3.05) is 0 Å². The van der Waals surface area contributed by atoms with Crippen LogP contribution in [0.5, 0.6) is 0 Å². The summed E-state index contributed by atoms with van der Waals surface area (Å²) in [7, 11) is 0. The zero-order valence-corrected chi connectivity index (χ0v) is 12.2. The van der Waals surface area contributed by atoms with Crippen molar-refractivity contribution in [1.82, 2.24) is 0 Å². The summed E-state index contributed by atoms with van der Waals surface area (Å²) in [4.78, 5) is 12.2. The highest BCUT2D eigenvalue weighted by atomic mass is 19.4. The van der Waals surface area contributed by atoms with Crippen LogP contribution in [0.2, 0.25) is 0 Å². The van der Waals surface area contributed by atoms with Gasteiger partial charge in [0.25, 0.3) is 0 Å². The predicted molar refractivity (Wildman–Crippen MR) is 82.2 cm³/mol. The number of hydrogen-bond acceptors (Lipinski definition) is 3. The van der Waals surface area contributed by atoms with Crippen LogP contribution >= 0.6 is 0 Å². The van der Waals surface area contributed by atoms with E-state index in [1.807, 2.05) is 6.07 Å². The highest BCUT2D eigenvalue weighted by Crippen LogP contribution is 2.35. The fourth-order valence-electron chi connectivity index (χ4n) is 2.59. The van der Waals surface area contributed by atoms with Crippen molar-refractivity contribution in [3.63, 3.8) is 0 Å². The van der Waals surface area contributed by atoms with Gasteiger partial charge in [0.05, 0.1) is 23.6 Å². The molecular formula is C18H10F3NO2. The van der Waals surface area contributed by atoms with Crippen LogP contribution in [-0.2, 0) is 12.6 Å². The Morgan fingerprint density at radius 3 is 2.42 bits per heavy atom. The first kappa shape index (κ1) is 15.8. The smallest absolute Gasteiger partial charge is 0.416 e. The summed E-state index contributed by atoms with van der Waals surface area (Å²) >= 11 is 0. The van der Waals surface area contributed by atoms with E-state index in [1.54, 1.807) is 30.3 Å². The Bertz CT molecular complexity index is 999. The fourth-order valence-corrected chi connectivity index (χ4v) is 2.59. The molecule has 0 unspecified atom stereocenters. The van der Waals surface area contributed by atoms with E-state index < -0.39 is 17.4 Å². The molecule has 3 rings (SSSR count). The van der Waals surface area contributed by atoms with Gasteiger partial charge in [-0.1, -0.05) is 30.3 Å². The Morgan fingerprint density at radius 1 is 1.08 bits per heavy atom. The topological polar surface area (TPSA) is 54.0 Å². The van der Waals surface area contributed by atoms with Gasteiger partial charge in [0.1, 0.15) is 5.58 Å². The van der Waals surface area contributed by atoms with E-state index in [-0.39, 0.29) is 17.6 Å². The van der Waals surface area contributed by atoms with Crippen molar-refractivity contribution in [3.05, 3.63) is 70.1 Å². The standard InChI is InChI=1S/C18H10F3NO2/c19-18(20,21)12-6-7-13-15(10-12)24-17(23)14(8-9-22)16(13)11-4-2-1-3-5-11/h1-7,10H,8H2. The Morgan fingerprint density at radius 2 is 1.79 bits per heavy atom. The number of nitrogens with zero attached hydrogens (tertiary/aromatic N) is 1. The van der Waals surface area contributed by atoms with Gasteiger partial charge in [-0.25, -0.2) is 4.79 Å². The summed E-state index contributed by atoms with van der Waals surface area (Å²) in [6.07, 6.45) is -4.73. The van der Waals surface area contributed by atoms with Gasteiger partial charge in [0, 0.05) is 10.9 Å². The molecule has 0 spiro atoms. The van der Waals surface area contributed by atoms with E-state index >= 15 is 0 Å². The number of benzene rings is 2. The molecule has 6 heteroatoms. The van der Waals surface area contributed by atoms with Gasteiger partial charge in [-0.15, -0.1) is 0 Å². The molecule has 3 aromatic rings. The third-order valence-corrected chi connectivity index (χ3v) is 3.65. The number of alkyl halides is 3. The molecule has 1 heterocycles. The molecule has 0 fully saturated rings. The summed E-state index contributed by atoms with van der Waals surface area (Å²) in [5.74, 6) is 0. The number of fused-ring (bicyclic) bond motifs is 1. The first-order chi connectivity index (χ1) is 11.4. The van der Waals surface area contributed by atoms with Gasteiger partial charge < -0.3 is 4.42 Å². The molecule has 0 saturated carbocycles. The molecule has 0 bridgehead atoms. The van der Waals surface area contributed by atoms with E-state index in [0.717, 1.165) is 12.1 Å². The maximum Gasteiger partial charge on any atom is 0.416 e. The van der Waals surface area contributed by atoms with Gasteiger partial charge in [-0.3, -0.25) is 0 Å². The second kappa shape index (κ2) is 5.85. The van der Waals surface area contributed by atoms with Crippen LogP contribution < -0.4 is 5.63 Å². The molecular weight excluding hydrogens is 319 g/mol. The Balaban J connectivity index is 2.39. The molecule has 1 aromatic heterocycles. The molecule has 0 aliphatic heterocycles. The van der Waals surface area contributed by atoms with Gasteiger partial charge in [0.2, 0.25) is 0 Å². The fraction of sp³-hybridized carbons (Fsp3) is 0.111. The summed E-state index contributed by atoms with van der Waals surface area (Å²) in [6, 6.07) is 13.6. The average molecular weight is 329 g/mol. The zero-order valence-electron chi connectivity index (χ0n) is 12.2. The highest BCUT2D eigenvalue weighted by molar-refractivity contribution is 5.95. The monoisotopic (exact) mass is 329 g/mol. The first-order valence-electron chi connectivity index (χ1n) is 7.01. The van der Waals surface area contributed by atoms with Gasteiger partial charge in [-0.05, 0) is 23.8 Å². The van der Waals surface area contributed by atoms with E-state index in [2.05, 4.69) is 0 Å². The van der Waals surface area contributed by atoms with Crippen LogP contribution in [0.1, 0.15) is 11.1 Å². The van der Waals surface area contributed by atoms with Crippen LogP contribution in [0, 0.1) is 11.3 Å². The summed E-state index contributed by atoms with van der Waals surface area (Å²) in [5.41, 5.74) is -0.656.